The standard InChI is InChI=1S/C10H17NO5S.H2O/c1-10(2,3)14-9(12)11-5-4-7-8(6-11)16-17(13)15-7;/h7-8H,4-6H2,1-3H3;1H2. The maximum absolute atomic E-state index is 11.8. The van der Waals surface area contributed by atoms with Gasteiger partial charge in [-0.25, -0.2) is 4.79 Å². The molecule has 1 amide bonds. The molecular weight excluding hydrogens is 262 g/mol. The molecule has 8 heteroatoms. The van der Waals surface area contributed by atoms with E-state index in [1.165, 1.54) is 0 Å². The molecule has 2 saturated heterocycles. The molecule has 18 heavy (non-hydrogen) atoms. The zero-order chi connectivity index (χ0) is 12.6. The van der Waals surface area contributed by atoms with Gasteiger partial charge in [-0.05, 0) is 27.2 Å². The lowest BCUT2D eigenvalue weighted by Crippen LogP contribution is -2.49. The number of rotatable bonds is 0. The third-order valence-corrected chi connectivity index (χ3v) is 3.36. The number of hydrogen-bond acceptors (Lipinski definition) is 5. The first-order chi connectivity index (χ1) is 7.85. The maximum Gasteiger partial charge on any atom is 0.410 e. The second-order valence-corrected chi connectivity index (χ2v) is 5.98. The molecule has 0 aromatic heterocycles. The van der Waals surface area contributed by atoms with E-state index < -0.39 is 17.0 Å². The van der Waals surface area contributed by atoms with Crippen molar-refractivity contribution in [3.8, 4) is 0 Å². The SMILES string of the molecule is CC(C)(C)OC(=O)N1CCC2OS(=O)OC2C1.O. The third kappa shape index (κ3) is 3.64. The number of nitrogens with zero attached hydrogens (tertiary/aromatic N) is 1. The number of likely N-dealkylation sites (tertiary alicyclic amines) is 1. The highest BCUT2D eigenvalue weighted by Gasteiger charge is 2.41. The predicted molar refractivity (Wildman–Crippen MR) is 63.9 cm³/mol. The van der Waals surface area contributed by atoms with E-state index in [1.54, 1.807) is 4.90 Å². The van der Waals surface area contributed by atoms with E-state index in [4.69, 9.17) is 13.1 Å². The number of fused-ring (bicyclic) bond motifs is 1. The number of carbonyl (C=O) groups excluding carboxylic acids is 1. The van der Waals surface area contributed by atoms with Gasteiger partial charge in [0.15, 0.2) is 0 Å². The molecule has 2 rings (SSSR count). The molecule has 106 valence electrons. The summed E-state index contributed by atoms with van der Waals surface area (Å²) in [4.78, 5) is 13.4. The summed E-state index contributed by atoms with van der Waals surface area (Å²) in [6.07, 6.45) is -0.223. The second kappa shape index (κ2) is 5.52. The van der Waals surface area contributed by atoms with Gasteiger partial charge in [0.2, 0.25) is 0 Å². The number of piperidine rings is 1. The van der Waals surface area contributed by atoms with E-state index in [9.17, 15) is 9.00 Å². The molecule has 0 bridgehead atoms. The summed E-state index contributed by atoms with van der Waals surface area (Å²) in [5.41, 5.74) is -0.510. The van der Waals surface area contributed by atoms with Gasteiger partial charge in [0.1, 0.15) is 17.8 Å². The lowest BCUT2D eigenvalue weighted by atomic mass is 10.1. The van der Waals surface area contributed by atoms with E-state index in [-0.39, 0.29) is 23.8 Å². The van der Waals surface area contributed by atoms with Gasteiger partial charge in [0, 0.05) is 6.54 Å². The first-order valence-corrected chi connectivity index (χ1v) is 6.59. The molecule has 0 saturated carbocycles. The van der Waals surface area contributed by atoms with Crippen molar-refractivity contribution in [1.82, 2.24) is 4.90 Å². The zero-order valence-corrected chi connectivity index (χ0v) is 11.5. The lowest BCUT2D eigenvalue weighted by Gasteiger charge is -2.33. The Hall–Kier alpha value is -0.700. The van der Waals surface area contributed by atoms with Crippen LogP contribution in [0.3, 0.4) is 0 Å². The molecule has 0 aliphatic carbocycles. The summed E-state index contributed by atoms with van der Waals surface area (Å²) in [7, 11) is 0. The lowest BCUT2D eigenvalue weighted by molar-refractivity contribution is -0.000738. The smallest absolute Gasteiger partial charge is 0.410 e. The molecule has 3 unspecified atom stereocenters. The van der Waals surface area contributed by atoms with Crippen molar-refractivity contribution in [2.45, 2.75) is 45.0 Å². The van der Waals surface area contributed by atoms with Crippen LogP contribution in [0.5, 0.6) is 0 Å². The Kier molecular flexibility index (Phi) is 4.71. The van der Waals surface area contributed by atoms with Crippen LogP contribution >= 0.6 is 0 Å². The van der Waals surface area contributed by atoms with Crippen LogP contribution in [-0.4, -0.2) is 51.6 Å². The minimum Gasteiger partial charge on any atom is -0.444 e. The van der Waals surface area contributed by atoms with Crippen molar-refractivity contribution in [2.75, 3.05) is 13.1 Å². The van der Waals surface area contributed by atoms with Crippen molar-refractivity contribution in [3.05, 3.63) is 0 Å². The fourth-order valence-electron chi connectivity index (χ4n) is 1.81. The van der Waals surface area contributed by atoms with E-state index in [2.05, 4.69) is 0 Å². The van der Waals surface area contributed by atoms with Crippen LogP contribution in [0, 0.1) is 0 Å². The monoisotopic (exact) mass is 281 g/mol. The van der Waals surface area contributed by atoms with Crippen molar-refractivity contribution in [3.63, 3.8) is 0 Å². The van der Waals surface area contributed by atoms with Crippen LogP contribution < -0.4 is 0 Å². The summed E-state index contributed by atoms with van der Waals surface area (Å²) in [6.45, 7) is 6.37. The van der Waals surface area contributed by atoms with Crippen molar-refractivity contribution in [2.24, 2.45) is 0 Å². The number of amides is 1. The zero-order valence-electron chi connectivity index (χ0n) is 10.7. The van der Waals surface area contributed by atoms with E-state index in [0.29, 0.717) is 19.5 Å². The molecule has 2 aliphatic heterocycles. The van der Waals surface area contributed by atoms with Crippen LogP contribution in [0.2, 0.25) is 0 Å². The summed E-state index contributed by atoms with van der Waals surface area (Å²) in [5, 5.41) is 0. The molecule has 0 spiro atoms. The minimum absolute atomic E-state index is 0. The highest BCUT2D eigenvalue weighted by molar-refractivity contribution is 7.75. The molecule has 0 aromatic carbocycles. The average molecular weight is 281 g/mol. The van der Waals surface area contributed by atoms with Gasteiger partial charge < -0.3 is 15.1 Å². The third-order valence-electron chi connectivity index (χ3n) is 2.55. The number of ether oxygens (including phenoxy) is 1. The van der Waals surface area contributed by atoms with Crippen LogP contribution in [0.25, 0.3) is 0 Å². The Bertz CT molecular complexity index is 342. The predicted octanol–water partition coefficient (Wildman–Crippen LogP) is 0.165. The van der Waals surface area contributed by atoms with Gasteiger partial charge in [0.05, 0.1) is 6.54 Å². The van der Waals surface area contributed by atoms with Crippen molar-refractivity contribution < 1.29 is 27.6 Å². The fraction of sp³-hybridized carbons (Fsp3) is 0.900. The molecular formula is C10H19NO6S. The molecule has 2 N–H and O–H groups in total. The molecule has 3 atom stereocenters. The Morgan fingerprint density at radius 1 is 1.33 bits per heavy atom. The summed E-state index contributed by atoms with van der Waals surface area (Å²) in [5.74, 6) is 0. The Morgan fingerprint density at radius 2 is 1.94 bits per heavy atom. The minimum atomic E-state index is -1.67. The summed E-state index contributed by atoms with van der Waals surface area (Å²) in [6, 6.07) is 0. The quantitative estimate of drug-likeness (QED) is 0.630. The highest BCUT2D eigenvalue weighted by atomic mass is 32.2. The van der Waals surface area contributed by atoms with Crippen LogP contribution in [-0.2, 0) is 24.5 Å². The molecule has 2 heterocycles. The van der Waals surface area contributed by atoms with Gasteiger partial charge in [-0.2, -0.15) is 4.21 Å². The molecule has 2 aliphatic rings. The average Bonchev–Trinajstić information content (AvgIpc) is 2.53. The molecule has 0 radical (unpaired) electrons. The van der Waals surface area contributed by atoms with Crippen LogP contribution in [0.4, 0.5) is 4.79 Å². The van der Waals surface area contributed by atoms with E-state index in [1.807, 2.05) is 20.8 Å². The van der Waals surface area contributed by atoms with Gasteiger partial charge in [-0.15, -0.1) is 0 Å². The van der Waals surface area contributed by atoms with Crippen molar-refractivity contribution in [1.29, 1.82) is 0 Å². The van der Waals surface area contributed by atoms with Gasteiger partial charge in [-0.3, -0.25) is 8.37 Å². The van der Waals surface area contributed by atoms with Gasteiger partial charge in [-0.1, -0.05) is 0 Å². The number of carbonyl (C=O) groups is 1. The Morgan fingerprint density at radius 3 is 2.56 bits per heavy atom. The first kappa shape index (κ1) is 15.4. The summed E-state index contributed by atoms with van der Waals surface area (Å²) < 4.78 is 26.5. The van der Waals surface area contributed by atoms with Crippen LogP contribution in [0.15, 0.2) is 0 Å². The van der Waals surface area contributed by atoms with E-state index >= 15 is 0 Å². The number of hydrogen-bond donors (Lipinski definition) is 0. The first-order valence-electron chi connectivity index (χ1n) is 5.59. The van der Waals surface area contributed by atoms with Gasteiger partial charge in [0.25, 0.3) is 0 Å². The molecule has 0 aromatic rings. The topological polar surface area (TPSA) is 96.6 Å². The normalized spacial score (nSPS) is 31.5. The summed E-state index contributed by atoms with van der Waals surface area (Å²) >= 11 is -1.67. The van der Waals surface area contributed by atoms with Gasteiger partial charge >= 0.3 is 17.5 Å². The van der Waals surface area contributed by atoms with Crippen LogP contribution in [0.1, 0.15) is 27.2 Å². The molecule has 7 nitrogen and oxygen atoms in total. The Balaban J connectivity index is 0.00000162. The highest BCUT2D eigenvalue weighted by Crippen LogP contribution is 2.26. The van der Waals surface area contributed by atoms with E-state index in [0.717, 1.165) is 0 Å². The molecule has 2 fully saturated rings. The second-order valence-electron chi connectivity index (χ2n) is 5.19. The van der Waals surface area contributed by atoms with Crippen molar-refractivity contribution >= 4 is 17.5 Å². The largest absolute Gasteiger partial charge is 0.444 e. The fourth-order valence-corrected chi connectivity index (χ4v) is 2.67. The maximum atomic E-state index is 11.8. The Labute approximate surface area is 109 Å².